The molecule has 2 aromatic carbocycles. The van der Waals surface area contributed by atoms with Gasteiger partial charge in [0.05, 0.1) is 0 Å². The van der Waals surface area contributed by atoms with Crippen molar-refractivity contribution in [2.45, 2.75) is 33.1 Å². The van der Waals surface area contributed by atoms with Crippen molar-refractivity contribution in [3.63, 3.8) is 0 Å². The van der Waals surface area contributed by atoms with E-state index in [0.717, 1.165) is 17.5 Å². The summed E-state index contributed by atoms with van der Waals surface area (Å²) in [6.45, 7) is 4.19. The second-order valence-corrected chi connectivity index (χ2v) is 5.05. The Bertz CT molecular complexity index is 552. The Hall–Kier alpha value is -1.89. The van der Waals surface area contributed by atoms with Gasteiger partial charge in [-0.25, -0.2) is 0 Å². The number of rotatable bonds is 5. The Morgan fingerprint density at radius 3 is 2.16 bits per heavy atom. The van der Waals surface area contributed by atoms with Gasteiger partial charge in [0.25, 0.3) is 0 Å². The van der Waals surface area contributed by atoms with E-state index in [1.165, 1.54) is 11.1 Å². The van der Waals surface area contributed by atoms with Crippen LogP contribution in [0.1, 0.15) is 29.2 Å². The molecule has 2 rings (SSSR count). The minimum absolute atomic E-state index is 0.273. The Balaban J connectivity index is 1.97. The van der Waals surface area contributed by atoms with E-state index in [0.29, 0.717) is 12.8 Å². The third kappa shape index (κ3) is 4.06. The van der Waals surface area contributed by atoms with Crippen LogP contribution in [0.25, 0.3) is 0 Å². The molecule has 0 spiro atoms. The van der Waals surface area contributed by atoms with E-state index in [2.05, 4.69) is 50.2 Å². The minimum Gasteiger partial charge on any atom is -0.299 e. The molecule has 1 heteroatoms. The van der Waals surface area contributed by atoms with Gasteiger partial charge in [0.15, 0.2) is 0 Å². The molecule has 98 valence electrons. The van der Waals surface area contributed by atoms with Gasteiger partial charge in [0.1, 0.15) is 5.78 Å². The highest BCUT2D eigenvalue weighted by Crippen LogP contribution is 2.09. The van der Waals surface area contributed by atoms with E-state index in [1.807, 2.05) is 12.1 Å². The van der Waals surface area contributed by atoms with Gasteiger partial charge in [-0.05, 0) is 30.0 Å². The number of hydrogen-bond acceptors (Lipinski definition) is 1. The average Bonchev–Trinajstić information content (AvgIpc) is 2.39. The third-order valence-electron chi connectivity index (χ3n) is 3.32. The quantitative estimate of drug-likeness (QED) is 0.788. The van der Waals surface area contributed by atoms with E-state index < -0.39 is 0 Å². The zero-order chi connectivity index (χ0) is 13.7. The molecular formula is C18H20O. The Labute approximate surface area is 115 Å². The summed E-state index contributed by atoms with van der Waals surface area (Å²) in [5, 5.41) is 0. The lowest BCUT2D eigenvalue weighted by Gasteiger charge is -2.04. The maximum Gasteiger partial charge on any atom is 0.141 e. The summed E-state index contributed by atoms with van der Waals surface area (Å²) in [5.41, 5.74) is 4.73. The molecule has 0 heterocycles. The summed E-state index contributed by atoms with van der Waals surface area (Å²) in [5.74, 6) is 0.273. The monoisotopic (exact) mass is 252 g/mol. The highest BCUT2D eigenvalue weighted by molar-refractivity contribution is 5.83. The highest BCUT2D eigenvalue weighted by atomic mass is 16.1. The highest BCUT2D eigenvalue weighted by Gasteiger charge is 2.05. The van der Waals surface area contributed by atoms with Crippen LogP contribution in [0.2, 0.25) is 0 Å². The summed E-state index contributed by atoms with van der Waals surface area (Å²) in [4.78, 5) is 12.0. The van der Waals surface area contributed by atoms with E-state index >= 15 is 0 Å². The lowest BCUT2D eigenvalue weighted by Crippen LogP contribution is -2.06. The molecule has 0 aliphatic rings. The second kappa shape index (κ2) is 6.33. The van der Waals surface area contributed by atoms with Crippen molar-refractivity contribution in [1.29, 1.82) is 0 Å². The first-order valence-electron chi connectivity index (χ1n) is 6.82. The van der Waals surface area contributed by atoms with Gasteiger partial charge in [-0.2, -0.15) is 0 Å². The van der Waals surface area contributed by atoms with Gasteiger partial charge in [-0.1, -0.05) is 61.0 Å². The maximum atomic E-state index is 12.0. The minimum atomic E-state index is 0.273. The maximum absolute atomic E-state index is 12.0. The summed E-state index contributed by atoms with van der Waals surface area (Å²) in [6.07, 6.45) is 2.09. The molecule has 0 saturated carbocycles. The van der Waals surface area contributed by atoms with Crippen molar-refractivity contribution in [1.82, 2.24) is 0 Å². The average molecular weight is 252 g/mol. The van der Waals surface area contributed by atoms with Crippen molar-refractivity contribution >= 4 is 5.78 Å². The molecular weight excluding hydrogens is 232 g/mol. The molecule has 0 amide bonds. The number of carbonyl (C=O) groups excluding carboxylic acids is 1. The first-order chi connectivity index (χ1) is 9.17. The first-order valence-corrected chi connectivity index (χ1v) is 6.82. The predicted molar refractivity (Wildman–Crippen MR) is 79.4 cm³/mol. The molecule has 0 aliphatic carbocycles. The summed E-state index contributed by atoms with van der Waals surface area (Å²) >= 11 is 0. The van der Waals surface area contributed by atoms with Crippen molar-refractivity contribution in [3.05, 3.63) is 70.8 Å². The molecule has 0 atom stereocenters. The zero-order valence-corrected chi connectivity index (χ0v) is 11.6. The van der Waals surface area contributed by atoms with Crippen LogP contribution in [0.5, 0.6) is 0 Å². The van der Waals surface area contributed by atoms with Crippen LogP contribution in [0.15, 0.2) is 48.5 Å². The summed E-state index contributed by atoms with van der Waals surface area (Å²) in [6, 6.07) is 16.5. The van der Waals surface area contributed by atoms with E-state index in [4.69, 9.17) is 0 Å². The Morgan fingerprint density at radius 1 is 0.895 bits per heavy atom. The van der Waals surface area contributed by atoms with Crippen molar-refractivity contribution < 1.29 is 4.79 Å². The van der Waals surface area contributed by atoms with E-state index in [1.54, 1.807) is 0 Å². The SMILES string of the molecule is CCc1ccc(CC(=O)Cc2cccc(C)c2)cc1. The summed E-state index contributed by atoms with van der Waals surface area (Å²) in [7, 11) is 0. The van der Waals surface area contributed by atoms with E-state index in [-0.39, 0.29) is 5.78 Å². The number of ketones is 1. The van der Waals surface area contributed by atoms with Gasteiger partial charge >= 0.3 is 0 Å². The largest absolute Gasteiger partial charge is 0.299 e. The number of Topliss-reactive ketones (excluding diaryl/α,β-unsaturated/α-hetero) is 1. The molecule has 0 bridgehead atoms. The molecule has 0 saturated heterocycles. The molecule has 0 fully saturated rings. The van der Waals surface area contributed by atoms with E-state index in [9.17, 15) is 4.79 Å². The Morgan fingerprint density at radius 2 is 1.53 bits per heavy atom. The fraction of sp³-hybridized carbons (Fsp3) is 0.278. The van der Waals surface area contributed by atoms with Crippen LogP contribution in [0, 0.1) is 6.92 Å². The van der Waals surface area contributed by atoms with Crippen LogP contribution in [0.4, 0.5) is 0 Å². The van der Waals surface area contributed by atoms with Gasteiger partial charge in [-0.3, -0.25) is 4.79 Å². The topological polar surface area (TPSA) is 17.1 Å². The summed E-state index contributed by atoms with van der Waals surface area (Å²) < 4.78 is 0. The number of aryl methyl sites for hydroxylation is 2. The fourth-order valence-corrected chi connectivity index (χ4v) is 2.23. The van der Waals surface area contributed by atoms with Gasteiger partial charge in [-0.15, -0.1) is 0 Å². The van der Waals surface area contributed by atoms with Gasteiger partial charge in [0.2, 0.25) is 0 Å². The van der Waals surface area contributed by atoms with Crippen LogP contribution in [-0.4, -0.2) is 5.78 Å². The standard InChI is InChI=1S/C18H20O/c1-3-15-7-9-16(10-8-15)12-18(19)13-17-6-4-5-14(2)11-17/h4-11H,3,12-13H2,1-2H3. The van der Waals surface area contributed by atoms with Gasteiger partial charge in [0, 0.05) is 12.8 Å². The Kier molecular flexibility index (Phi) is 4.51. The second-order valence-electron chi connectivity index (χ2n) is 5.05. The van der Waals surface area contributed by atoms with Crippen molar-refractivity contribution in [2.75, 3.05) is 0 Å². The molecule has 1 nitrogen and oxygen atoms in total. The molecule has 0 unspecified atom stereocenters. The smallest absolute Gasteiger partial charge is 0.141 e. The molecule has 2 aromatic rings. The van der Waals surface area contributed by atoms with Crippen LogP contribution in [0.3, 0.4) is 0 Å². The fourth-order valence-electron chi connectivity index (χ4n) is 2.23. The molecule has 0 N–H and O–H groups in total. The third-order valence-corrected chi connectivity index (χ3v) is 3.32. The normalized spacial score (nSPS) is 10.4. The molecule has 0 aromatic heterocycles. The van der Waals surface area contributed by atoms with Crippen LogP contribution >= 0.6 is 0 Å². The lowest BCUT2D eigenvalue weighted by molar-refractivity contribution is -0.117. The van der Waals surface area contributed by atoms with Crippen LogP contribution in [-0.2, 0) is 24.1 Å². The molecule has 0 aliphatic heterocycles. The zero-order valence-electron chi connectivity index (χ0n) is 11.6. The van der Waals surface area contributed by atoms with Gasteiger partial charge < -0.3 is 0 Å². The van der Waals surface area contributed by atoms with Crippen molar-refractivity contribution in [2.24, 2.45) is 0 Å². The predicted octanol–water partition coefficient (Wildman–Crippen LogP) is 3.91. The molecule has 0 radical (unpaired) electrons. The molecule has 19 heavy (non-hydrogen) atoms. The van der Waals surface area contributed by atoms with Crippen molar-refractivity contribution in [3.8, 4) is 0 Å². The number of hydrogen-bond donors (Lipinski definition) is 0. The lowest BCUT2D eigenvalue weighted by atomic mass is 10.0. The number of benzene rings is 2. The first kappa shape index (κ1) is 13.5. The number of carbonyl (C=O) groups is 1. The van der Waals surface area contributed by atoms with Crippen LogP contribution < -0.4 is 0 Å².